The molecule has 7 unspecified atom stereocenters. The summed E-state index contributed by atoms with van der Waals surface area (Å²) in [7, 11) is 0. The third-order valence-electron chi connectivity index (χ3n) is 11.4. The number of hydrogen-bond donors (Lipinski definition) is 6. The molecule has 6 N–H and O–H groups in total. The number of rotatable bonds is 39. The number of nitrogens with one attached hydrogen (secondary N) is 1. The molecule has 0 aliphatic carbocycles. The van der Waals surface area contributed by atoms with E-state index in [-0.39, 0.29) is 12.5 Å². The molecule has 9 heteroatoms. The van der Waals surface area contributed by atoms with Gasteiger partial charge in [-0.05, 0) is 19.3 Å². The summed E-state index contributed by atoms with van der Waals surface area (Å²) >= 11 is 0. The van der Waals surface area contributed by atoms with Crippen LogP contribution in [0.1, 0.15) is 219 Å². The number of allylic oxidation sites excluding steroid dienone is 1. The van der Waals surface area contributed by atoms with Crippen LogP contribution < -0.4 is 5.32 Å². The van der Waals surface area contributed by atoms with E-state index in [0.29, 0.717) is 6.42 Å². The number of ether oxygens (including phenoxy) is 2. The van der Waals surface area contributed by atoms with Gasteiger partial charge in [-0.15, -0.1) is 0 Å². The molecule has 1 saturated heterocycles. The fraction of sp³-hybridized carbons (Fsp3) is 0.935. The lowest BCUT2D eigenvalue weighted by atomic mass is 9.99. The molecule has 1 heterocycles. The molecule has 0 aromatic rings. The summed E-state index contributed by atoms with van der Waals surface area (Å²) in [6.07, 6.45) is 35.4. The maximum absolute atomic E-state index is 12.9. The first-order valence-corrected chi connectivity index (χ1v) is 23.4. The Bertz CT molecular complexity index is 873. The van der Waals surface area contributed by atoms with E-state index >= 15 is 0 Å². The number of aliphatic hydroxyl groups excluding tert-OH is 5. The van der Waals surface area contributed by atoms with Gasteiger partial charge in [0.25, 0.3) is 0 Å². The lowest BCUT2D eigenvalue weighted by Gasteiger charge is -2.40. The van der Waals surface area contributed by atoms with Gasteiger partial charge in [0, 0.05) is 6.42 Å². The summed E-state index contributed by atoms with van der Waals surface area (Å²) in [5.41, 5.74) is 0. The predicted molar refractivity (Wildman–Crippen MR) is 226 cm³/mol. The van der Waals surface area contributed by atoms with Crippen LogP contribution in [-0.4, -0.2) is 87.5 Å². The molecule has 55 heavy (non-hydrogen) atoms. The van der Waals surface area contributed by atoms with Gasteiger partial charge in [0.2, 0.25) is 5.91 Å². The van der Waals surface area contributed by atoms with Crippen molar-refractivity contribution in [3.63, 3.8) is 0 Å². The summed E-state index contributed by atoms with van der Waals surface area (Å²) in [5.74, 6) is -0.175. The molecule has 1 amide bonds. The molecular formula is C46H89NO8. The van der Waals surface area contributed by atoms with Crippen molar-refractivity contribution in [1.82, 2.24) is 5.32 Å². The third-order valence-corrected chi connectivity index (χ3v) is 11.4. The van der Waals surface area contributed by atoms with Gasteiger partial charge in [-0.1, -0.05) is 206 Å². The minimum absolute atomic E-state index is 0.175. The summed E-state index contributed by atoms with van der Waals surface area (Å²) < 4.78 is 11.2. The first-order chi connectivity index (χ1) is 26.8. The monoisotopic (exact) mass is 784 g/mol. The van der Waals surface area contributed by atoms with E-state index in [1.165, 1.54) is 161 Å². The molecule has 1 fully saturated rings. The Morgan fingerprint density at radius 1 is 0.600 bits per heavy atom. The Hall–Kier alpha value is -1.07. The fourth-order valence-electron chi connectivity index (χ4n) is 7.57. The van der Waals surface area contributed by atoms with Gasteiger partial charge < -0.3 is 40.3 Å². The van der Waals surface area contributed by atoms with E-state index in [2.05, 4.69) is 19.2 Å². The summed E-state index contributed by atoms with van der Waals surface area (Å²) in [6.45, 7) is 3.78. The van der Waals surface area contributed by atoms with Crippen LogP contribution in [0, 0.1) is 0 Å². The summed E-state index contributed by atoms with van der Waals surface area (Å²) in [6, 6.07) is -0.798. The van der Waals surface area contributed by atoms with Crippen LogP contribution in [0.25, 0.3) is 0 Å². The zero-order valence-corrected chi connectivity index (χ0v) is 35.7. The SMILES string of the molecule is CCCCCCCCCCCCCCCCCCC/C=C/C(O)C(COC1OC(CO)C(O)C(O)C1O)NC(=O)CCCCCCCCCCCCCCC. The van der Waals surface area contributed by atoms with Crippen molar-refractivity contribution in [2.24, 2.45) is 0 Å². The van der Waals surface area contributed by atoms with Crippen LogP contribution in [-0.2, 0) is 14.3 Å². The van der Waals surface area contributed by atoms with Crippen LogP contribution in [0.3, 0.4) is 0 Å². The van der Waals surface area contributed by atoms with E-state index in [1.807, 2.05) is 6.08 Å². The molecule has 0 aromatic carbocycles. The second-order valence-corrected chi connectivity index (χ2v) is 16.6. The number of aliphatic hydroxyl groups is 5. The Balaban J connectivity index is 2.33. The number of amides is 1. The van der Waals surface area contributed by atoms with Gasteiger partial charge in [0.05, 0.1) is 25.4 Å². The maximum atomic E-state index is 12.9. The van der Waals surface area contributed by atoms with Crippen molar-refractivity contribution in [3.05, 3.63) is 12.2 Å². The van der Waals surface area contributed by atoms with Gasteiger partial charge in [0.15, 0.2) is 6.29 Å². The van der Waals surface area contributed by atoms with E-state index in [1.54, 1.807) is 6.08 Å². The molecule has 0 bridgehead atoms. The van der Waals surface area contributed by atoms with Crippen LogP contribution in [0.5, 0.6) is 0 Å². The molecule has 0 spiro atoms. The Morgan fingerprint density at radius 2 is 1.00 bits per heavy atom. The highest BCUT2D eigenvalue weighted by molar-refractivity contribution is 5.76. The Labute approximate surface area is 337 Å². The second-order valence-electron chi connectivity index (χ2n) is 16.6. The number of carbonyl (C=O) groups is 1. The largest absolute Gasteiger partial charge is 0.394 e. The number of hydrogen-bond acceptors (Lipinski definition) is 8. The maximum Gasteiger partial charge on any atom is 0.220 e. The Morgan fingerprint density at radius 3 is 1.42 bits per heavy atom. The van der Waals surface area contributed by atoms with Crippen molar-refractivity contribution in [1.29, 1.82) is 0 Å². The highest BCUT2D eigenvalue weighted by Gasteiger charge is 2.44. The average Bonchev–Trinajstić information content (AvgIpc) is 3.18. The number of carbonyl (C=O) groups excluding carboxylic acids is 1. The van der Waals surface area contributed by atoms with E-state index in [0.717, 1.165) is 38.5 Å². The normalized spacial score (nSPS) is 21.3. The van der Waals surface area contributed by atoms with Crippen LogP contribution in [0.2, 0.25) is 0 Å². The molecule has 1 rings (SSSR count). The second kappa shape index (κ2) is 37.2. The molecule has 0 aromatic heterocycles. The molecule has 1 aliphatic heterocycles. The van der Waals surface area contributed by atoms with Gasteiger partial charge in [-0.2, -0.15) is 0 Å². The summed E-state index contributed by atoms with van der Waals surface area (Å²) in [5, 5.41) is 54.2. The molecule has 326 valence electrons. The summed E-state index contributed by atoms with van der Waals surface area (Å²) in [4.78, 5) is 12.9. The van der Waals surface area contributed by atoms with Crippen molar-refractivity contribution in [2.45, 2.75) is 262 Å². The van der Waals surface area contributed by atoms with Crippen molar-refractivity contribution in [3.8, 4) is 0 Å². The van der Waals surface area contributed by atoms with Gasteiger partial charge in [-0.3, -0.25) is 4.79 Å². The van der Waals surface area contributed by atoms with E-state index < -0.39 is 49.5 Å². The minimum atomic E-state index is -1.56. The van der Waals surface area contributed by atoms with Crippen molar-refractivity contribution < 1.29 is 39.8 Å². The lowest BCUT2D eigenvalue weighted by Crippen LogP contribution is -2.60. The third kappa shape index (κ3) is 28.1. The quantitative estimate of drug-likeness (QED) is 0.0267. The molecular weight excluding hydrogens is 695 g/mol. The predicted octanol–water partition coefficient (Wildman–Crippen LogP) is 9.73. The van der Waals surface area contributed by atoms with Gasteiger partial charge >= 0.3 is 0 Å². The van der Waals surface area contributed by atoms with Crippen molar-refractivity contribution in [2.75, 3.05) is 13.2 Å². The van der Waals surface area contributed by atoms with E-state index in [9.17, 15) is 30.3 Å². The van der Waals surface area contributed by atoms with Gasteiger partial charge in [0.1, 0.15) is 24.4 Å². The smallest absolute Gasteiger partial charge is 0.220 e. The van der Waals surface area contributed by atoms with E-state index in [4.69, 9.17) is 9.47 Å². The lowest BCUT2D eigenvalue weighted by molar-refractivity contribution is -0.302. The Kier molecular flexibility index (Phi) is 35.2. The van der Waals surface area contributed by atoms with Crippen LogP contribution >= 0.6 is 0 Å². The zero-order chi connectivity index (χ0) is 40.2. The minimum Gasteiger partial charge on any atom is -0.394 e. The van der Waals surface area contributed by atoms with Crippen LogP contribution in [0.4, 0.5) is 0 Å². The zero-order valence-electron chi connectivity index (χ0n) is 35.7. The number of unbranched alkanes of at least 4 members (excludes halogenated alkanes) is 29. The standard InChI is InChI=1S/C46H89NO8/c1-3-5-7-9-11-13-15-17-18-19-20-21-22-24-25-27-29-31-33-35-40(49)39(38-54-46-45(53)44(52)43(51)41(37-48)55-46)47-42(50)36-34-32-30-28-26-23-16-14-12-10-8-6-4-2/h33,35,39-41,43-46,48-49,51-53H,3-32,34,36-38H2,1-2H3,(H,47,50)/b35-33+. The first kappa shape index (κ1) is 51.9. The molecule has 7 atom stereocenters. The molecule has 1 aliphatic rings. The highest BCUT2D eigenvalue weighted by atomic mass is 16.7. The fourth-order valence-corrected chi connectivity index (χ4v) is 7.57. The molecule has 0 saturated carbocycles. The topological polar surface area (TPSA) is 149 Å². The van der Waals surface area contributed by atoms with Gasteiger partial charge in [-0.25, -0.2) is 0 Å². The highest BCUT2D eigenvalue weighted by Crippen LogP contribution is 2.23. The average molecular weight is 784 g/mol. The molecule has 0 radical (unpaired) electrons. The van der Waals surface area contributed by atoms with Crippen LogP contribution in [0.15, 0.2) is 12.2 Å². The molecule has 9 nitrogen and oxygen atoms in total. The van der Waals surface area contributed by atoms with Crippen molar-refractivity contribution >= 4 is 5.91 Å². The first-order valence-electron chi connectivity index (χ1n) is 23.4.